The van der Waals surface area contributed by atoms with E-state index in [0.717, 1.165) is 38.9 Å². The molecule has 0 bridgehead atoms. The van der Waals surface area contributed by atoms with E-state index in [2.05, 4.69) is 4.90 Å². The molecular formula is C11H21NO3. The molecule has 2 atom stereocenters. The van der Waals surface area contributed by atoms with Gasteiger partial charge in [0.25, 0.3) is 0 Å². The zero-order valence-electron chi connectivity index (χ0n) is 9.35. The predicted octanol–water partition coefficient (Wildman–Crippen LogP) is 0.944. The summed E-state index contributed by atoms with van der Waals surface area (Å²) < 4.78 is 0. The number of aliphatic carboxylic acids is 1. The van der Waals surface area contributed by atoms with Crippen LogP contribution in [0.4, 0.5) is 0 Å². The maximum atomic E-state index is 10.3. The molecule has 0 radical (unpaired) electrons. The first kappa shape index (κ1) is 12.5. The van der Waals surface area contributed by atoms with Gasteiger partial charge in [0.2, 0.25) is 0 Å². The smallest absolute Gasteiger partial charge is 0.303 e. The molecule has 0 aromatic carbocycles. The molecule has 2 N–H and O–H groups in total. The summed E-state index contributed by atoms with van der Waals surface area (Å²) in [6, 6.07) is 0. The maximum absolute atomic E-state index is 10.3. The molecule has 4 heteroatoms. The summed E-state index contributed by atoms with van der Waals surface area (Å²) in [7, 11) is 0. The Balaban J connectivity index is 2.06. The highest BCUT2D eigenvalue weighted by atomic mass is 16.4. The third kappa shape index (κ3) is 4.62. The topological polar surface area (TPSA) is 60.8 Å². The van der Waals surface area contributed by atoms with E-state index in [1.54, 1.807) is 0 Å². The van der Waals surface area contributed by atoms with E-state index in [-0.39, 0.29) is 12.5 Å². The second-order valence-corrected chi connectivity index (χ2v) is 4.44. The molecular weight excluding hydrogens is 194 g/mol. The summed E-state index contributed by atoms with van der Waals surface area (Å²) in [6.45, 7) is 4.82. The van der Waals surface area contributed by atoms with Crippen molar-refractivity contribution in [1.29, 1.82) is 0 Å². The number of nitrogens with zero attached hydrogens (tertiary/aromatic N) is 1. The number of hydrogen-bond acceptors (Lipinski definition) is 3. The number of carboxylic acids is 1. The van der Waals surface area contributed by atoms with Crippen LogP contribution < -0.4 is 0 Å². The molecule has 0 amide bonds. The molecule has 1 saturated heterocycles. The Bertz CT molecular complexity index is 206. The van der Waals surface area contributed by atoms with Gasteiger partial charge in [-0.3, -0.25) is 4.79 Å². The number of carboxylic acid groups (broad SMARTS) is 1. The van der Waals surface area contributed by atoms with Gasteiger partial charge >= 0.3 is 5.97 Å². The number of aliphatic hydroxyl groups is 1. The average Bonchev–Trinajstić information content (AvgIpc) is 2.60. The third-order valence-corrected chi connectivity index (χ3v) is 3.11. The Morgan fingerprint density at radius 2 is 2.27 bits per heavy atom. The molecule has 88 valence electrons. The first-order valence-electron chi connectivity index (χ1n) is 5.72. The van der Waals surface area contributed by atoms with Crippen LogP contribution in [-0.2, 0) is 4.79 Å². The highest BCUT2D eigenvalue weighted by Gasteiger charge is 2.25. The van der Waals surface area contributed by atoms with Gasteiger partial charge in [-0.25, -0.2) is 0 Å². The fraction of sp³-hybridized carbons (Fsp3) is 0.909. The van der Waals surface area contributed by atoms with Gasteiger partial charge in [0.15, 0.2) is 0 Å². The number of likely N-dealkylation sites (tertiary alicyclic amines) is 1. The Kier molecular flexibility index (Phi) is 5.05. The normalized spacial score (nSPS) is 24.3. The molecule has 2 unspecified atom stereocenters. The van der Waals surface area contributed by atoms with Gasteiger partial charge in [0, 0.05) is 13.0 Å². The highest BCUT2D eigenvalue weighted by Crippen LogP contribution is 2.19. The van der Waals surface area contributed by atoms with Crippen molar-refractivity contribution in [1.82, 2.24) is 4.90 Å². The molecule has 0 aromatic heterocycles. The summed E-state index contributed by atoms with van der Waals surface area (Å²) in [6.07, 6.45) is 2.82. The van der Waals surface area contributed by atoms with Crippen LogP contribution >= 0.6 is 0 Å². The Hall–Kier alpha value is -0.610. The van der Waals surface area contributed by atoms with Crippen LogP contribution in [-0.4, -0.2) is 46.8 Å². The van der Waals surface area contributed by atoms with E-state index in [0.29, 0.717) is 5.92 Å². The average molecular weight is 215 g/mol. The van der Waals surface area contributed by atoms with Crippen LogP contribution in [0.2, 0.25) is 0 Å². The molecule has 1 aliphatic rings. The first-order valence-corrected chi connectivity index (χ1v) is 5.72. The Labute approximate surface area is 90.9 Å². The standard InChI is InChI=1S/C11H21NO3/c1-9(13)10-5-7-12(8-10)6-3-2-4-11(14)15/h9-10,13H,2-8H2,1H3,(H,14,15). The number of unbranched alkanes of at least 4 members (excludes halogenated alkanes) is 1. The van der Waals surface area contributed by atoms with Gasteiger partial charge in [0.05, 0.1) is 6.10 Å². The van der Waals surface area contributed by atoms with Gasteiger partial charge in [-0.2, -0.15) is 0 Å². The van der Waals surface area contributed by atoms with Crippen LogP contribution in [0.15, 0.2) is 0 Å². The zero-order chi connectivity index (χ0) is 11.3. The van der Waals surface area contributed by atoms with Gasteiger partial charge in [-0.15, -0.1) is 0 Å². The molecule has 1 fully saturated rings. The van der Waals surface area contributed by atoms with Crippen LogP contribution in [0.5, 0.6) is 0 Å². The molecule has 4 nitrogen and oxygen atoms in total. The minimum atomic E-state index is -0.710. The van der Waals surface area contributed by atoms with Crippen molar-refractivity contribution in [3.8, 4) is 0 Å². The van der Waals surface area contributed by atoms with Gasteiger partial charge in [-0.1, -0.05) is 0 Å². The molecule has 1 heterocycles. The lowest BCUT2D eigenvalue weighted by Crippen LogP contribution is -2.25. The summed E-state index contributed by atoms with van der Waals surface area (Å²) in [5.41, 5.74) is 0. The fourth-order valence-corrected chi connectivity index (χ4v) is 2.07. The van der Waals surface area contributed by atoms with E-state index in [4.69, 9.17) is 5.11 Å². The lowest BCUT2D eigenvalue weighted by molar-refractivity contribution is -0.137. The molecule has 0 aromatic rings. The van der Waals surface area contributed by atoms with Crippen LogP contribution in [0, 0.1) is 5.92 Å². The lowest BCUT2D eigenvalue weighted by atomic mass is 10.0. The lowest BCUT2D eigenvalue weighted by Gasteiger charge is -2.16. The monoisotopic (exact) mass is 215 g/mol. The van der Waals surface area contributed by atoms with Crippen LogP contribution in [0.3, 0.4) is 0 Å². The summed E-state index contributed by atoms with van der Waals surface area (Å²) >= 11 is 0. The molecule has 1 rings (SSSR count). The number of carbonyl (C=O) groups is 1. The number of rotatable bonds is 6. The summed E-state index contributed by atoms with van der Waals surface area (Å²) in [5, 5.41) is 17.9. The Morgan fingerprint density at radius 3 is 2.80 bits per heavy atom. The van der Waals surface area contributed by atoms with Crippen LogP contribution in [0.1, 0.15) is 32.6 Å². The first-order chi connectivity index (χ1) is 7.09. The van der Waals surface area contributed by atoms with Crippen molar-refractivity contribution in [2.75, 3.05) is 19.6 Å². The molecule has 1 aliphatic heterocycles. The predicted molar refractivity (Wildman–Crippen MR) is 57.7 cm³/mol. The van der Waals surface area contributed by atoms with E-state index in [1.807, 2.05) is 6.92 Å². The molecule has 15 heavy (non-hydrogen) atoms. The van der Waals surface area contributed by atoms with Crippen molar-refractivity contribution in [3.05, 3.63) is 0 Å². The largest absolute Gasteiger partial charge is 0.481 e. The second kappa shape index (κ2) is 6.08. The number of hydrogen-bond donors (Lipinski definition) is 2. The molecule has 0 aliphatic carbocycles. The van der Waals surface area contributed by atoms with Crippen LogP contribution in [0.25, 0.3) is 0 Å². The molecule has 0 spiro atoms. The summed E-state index contributed by atoms with van der Waals surface area (Å²) in [5.74, 6) is -0.303. The summed E-state index contributed by atoms with van der Waals surface area (Å²) in [4.78, 5) is 12.6. The van der Waals surface area contributed by atoms with Crippen molar-refractivity contribution in [2.45, 2.75) is 38.7 Å². The van der Waals surface area contributed by atoms with Crippen molar-refractivity contribution in [2.24, 2.45) is 5.92 Å². The maximum Gasteiger partial charge on any atom is 0.303 e. The third-order valence-electron chi connectivity index (χ3n) is 3.11. The zero-order valence-corrected chi connectivity index (χ0v) is 9.35. The Morgan fingerprint density at radius 1 is 1.53 bits per heavy atom. The fourth-order valence-electron chi connectivity index (χ4n) is 2.07. The SMILES string of the molecule is CC(O)C1CCN(CCCCC(=O)O)C1. The second-order valence-electron chi connectivity index (χ2n) is 4.44. The van der Waals surface area contributed by atoms with E-state index < -0.39 is 5.97 Å². The van der Waals surface area contributed by atoms with Crippen molar-refractivity contribution < 1.29 is 15.0 Å². The number of aliphatic hydroxyl groups excluding tert-OH is 1. The highest BCUT2D eigenvalue weighted by molar-refractivity contribution is 5.66. The van der Waals surface area contributed by atoms with Gasteiger partial charge in [0.1, 0.15) is 0 Å². The minimum Gasteiger partial charge on any atom is -0.481 e. The van der Waals surface area contributed by atoms with E-state index >= 15 is 0 Å². The van der Waals surface area contributed by atoms with Gasteiger partial charge < -0.3 is 15.1 Å². The quantitative estimate of drug-likeness (QED) is 0.647. The molecule has 0 saturated carbocycles. The van der Waals surface area contributed by atoms with E-state index in [1.165, 1.54) is 0 Å². The minimum absolute atomic E-state index is 0.214. The van der Waals surface area contributed by atoms with Crippen molar-refractivity contribution in [3.63, 3.8) is 0 Å². The van der Waals surface area contributed by atoms with E-state index in [9.17, 15) is 9.90 Å². The van der Waals surface area contributed by atoms with Gasteiger partial charge in [-0.05, 0) is 45.2 Å². The van der Waals surface area contributed by atoms with Crippen molar-refractivity contribution >= 4 is 5.97 Å².